The number of benzene rings is 2. The van der Waals surface area contributed by atoms with Crippen LogP contribution in [0.15, 0.2) is 36.5 Å². The Labute approximate surface area is 225 Å². The number of rotatable bonds is 5. The van der Waals surface area contributed by atoms with E-state index in [0.29, 0.717) is 64.3 Å². The van der Waals surface area contributed by atoms with Gasteiger partial charge in [-0.25, -0.2) is 4.79 Å². The molecule has 1 aliphatic rings. The molecule has 0 radical (unpaired) electrons. The summed E-state index contributed by atoms with van der Waals surface area (Å²) >= 11 is 12.6. The molecule has 1 fully saturated rings. The number of anilines is 3. The number of nitrogens with one attached hydrogen (secondary N) is 1. The molecule has 1 saturated heterocycles. The van der Waals surface area contributed by atoms with Crippen molar-refractivity contribution < 1.29 is 19.1 Å². The van der Waals surface area contributed by atoms with Crippen LogP contribution >= 0.6 is 23.2 Å². The molecule has 1 aromatic heterocycles. The molecule has 11 heteroatoms. The number of halogens is 2. The van der Waals surface area contributed by atoms with Crippen LogP contribution in [-0.4, -0.2) is 60.8 Å². The lowest BCUT2D eigenvalue weighted by Gasteiger charge is -2.37. The summed E-state index contributed by atoms with van der Waals surface area (Å²) in [6.45, 7) is 7.63. The van der Waals surface area contributed by atoms with Gasteiger partial charge in [0.2, 0.25) is 0 Å². The number of pyridine rings is 1. The Morgan fingerprint density at radius 2 is 1.81 bits per heavy atom. The molecule has 4 rings (SSSR count). The molecular formula is C26H29Cl2N5O4. The molecule has 3 aromatic rings. The largest absolute Gasteiger partial charge is 0.495 e. The zero-order valence-corrected chi connectivity index (χ0v) is 22.6. The van der Waals surface area contributed by atoms with Crippen molar-refractivity contribution in [1.82, 2.24) is 9.88 Å². The number of nitrogens with zero attached hydrogens (tertiary/aromatic N) is 3. The second-order valence-electron chi connectivity index (χ2n) is 9.63. The minimum absolute atomic E-state index is 0.203. The third-order valence-electron chi connectivity index (χ3n) is 5.92. The molecule has 0 bridgehead atoms. The van der Waals surface area contributed by atoms with Crippen LogP contribution in [0.1, 0.15) is 31.1 Å². The van der Waals surface area contributed by atoms with Crippen LogP contribution in [0.5, 0.6) is 5.75 Å². The first-order chi connectivity index (χ1) is 17.5. The van der Waals surface area contributed by atoms with Crippen LogP contribution in [0.4, 0.5) is 21.9 Å². The number of aromatic nitrogens is 1. The van der Waals surface area contributed by atoms with Gasteiger partial charge >= 0.3 is 6.09 Å². The summed E-state index contributed by atoms with van der Waals surface area (Å²) in [4.78, 5) is 33.1. The highest BCUT2D eigenvalue weighted by atomic mass is 35.5. The SMILES string of the molecule is COc1cc2ncc(C(N)=O)c(Nc3cccc(Cl)c3Cl)c2cc1N1CCN(C(=O)OC(C)(C)C)CC1. The molecule has 0 atom stereocenters. The van der Waals surface area contributed by atoms with E-state index < -0.39 is 11.5 Å². The normalized spacial score (nSPS) is 14.0. The fourth-order valence-corrected chi connectivity index (χ4v) is 4.48. The van der Waals surface area contributed by atoms with E-state index >= 15 is 0 Å². The molecule has 196 valence electrons. The van der Waals surface area contributed by atoms with Crippen molar-refractivity contribution in [3.8, 4) is 5.75 Å². The zero-order valence-electron chi connectivity index (χ0n) is 21.1. The fraction of sp³-hybridized carbons (Fsp3) is 0.346. The van der Waals surface area contributed by atoms with E-state index in [2.05, 4.69) is 15.2 Å². The monoisotopic (exact) mass is 545 g/mol. The molecule has 1 aliphatic heterocycles. The van der Waals surface area contributed by atoms with E-state index in [1.54, 1.807) is 36.3 Å². The number of primary amides is 1. The van der Waals surface area contributed by atoms with Gasteiger partial charge in [-0.2, -0.15) is 0 Å². The predicted molar refractivity (Wildman–Crippen MR) is 147 cm³/mol. The minimum Gasteiger partial charge on any atom is -0.495 e. The molecule has 2 amide bonds. The van der Waals surface area contributed by atoms with E-state index in [1.807, 2.05) is 26.8 Å². The van der Waals surface area contributed by atoms with Gasteiger partial charge in [-0.1, -0.05) is 29.3 Å². The van der Waals surface area contributed by atoms with Gasteiger partial charge in [0.1, 0.15) is 11.4 Å². The topological polar surface area (TPSA) is 110 Å². The van der Waals surface area contributed by atoms with Crippen LogP contribution in [0.2, 0.25) is 10.0 Å². The molecule has 9 nitrogen and oxygen atoms in total. The molecule has 3 N–H and O–H groups in total. The summed E-state index contributed by atoms with van der Waals surface area (Å²) in [5, 5.41) is 4.57. The van der Waals surface area contributed by atoms with Gasteiger partial charge in [0.25, 0.3) is 5.91 Å². The lowest BCUT2D eigenvalue weighted by Crippen LogP contribution is -2.50. The third kappa shape index (κ3) is 5.78. The number of ether oxygens (including phenoxy) is 2. The summed E-state index contributed by atoms with van der Waals surface area (Å²) in [5.74, 6) is -0.0253. The molecule has 2 heterocycles. The first kappa shape index (κ1) is 26.6. The van der Waals surface area contributed by atoms with Gasteiger partial charge in [0, 0.05) is 43.8 Å². The van der Waals surface area contributed by atoms with Crippen molar-refractivity contribution in [2.45, 2.75) is 26.4 Å². The Kier molecular flexibility index (Phi) is 7.57. The highest BCUT2D eigenvalue weighted by molar-refractivity contribution is 6.43. The lowest BCUT2D eigenvalue weighted by atomic mass is 10.1. The average molecular weight is 546 g/mol. The van der Waals surface area contributed by atoms with Crippen molar-refractivity contribution >= 4 is 63.2 Å². The predicted octanol–water partition coefficient (Wildman–Crippen LogP) is 5.45. The number of hydrogen-bond acceptors (Lipinski definition) is 7. The Morgan fingerprint density at radius 1 is 1.11 bits per heavy atom. The first-order valence-corrected chi connectivity index (χ1v) is 12.5. The molecule has 0 saturated carbocycles. The van der Waals surface area contributed by atoms with E-state index in [0.717, 1.165) is 5.69 Å². The number of nitrogens with two attached hydrogens (primary N) is 1. The molecular weight excluding hydrogens is 517 g/mol. The summed E-state index contributed by atoms with van der Waals surface area (Å²) in [6.07, 6.45) is 1.09. The Bertz CT molecular complexity index is 1350. The lowest BCUT2D eigenvalue weighted by molar-refractivity contribution is 0.0240. The number of hydrogen-bond donors (Lipinski definition) is 2. The number of amides is 2. The molecule has 2 aromatic carbocycles. The van der Waals surface area contributed by atoms with Crippen molar-refractivity contribution in [2.24, 2.45) is 5.73 Å². The number of carbonyl (C=O) groups excluding carboxylic acids is 2. The molecule has 37 heavy (non-hydrogen) atoms. The fourth-order valence-electron chi connectivity index (χ4n) is 4.13. The van der Waals surface area contributed by atoms with E-state index in [-0.39, 0.29) is 11.7 Å². The molecule has 0 unspecified atom stereocenters. The Morgan fingerprint density at radius 3 is 2.43 bits per heavy atom. The van der Waals surface area contributed by atoms with Crippen molar-refractivity contribution in [2.75, 3.05) is 43.5 Å². The van der Waals surface area contributed by atoms with Crippen molar-refractivity contribution in [3.63, 3.8) is 0 Å². The Hall–Kier alpha value is -3.43. The second kappa shape index (κ2) is 10.5. The van der Waals surface area contributed by atoms with E-state index in [9.17, 15) is 9.59 Å². The maximum atomic E-state index is 12.5. The van der Waals surface area contributed by atoms with Gasteiger partial charge < -0.3 is 30.3 Å². The zero-order chi connectivity index (χ0) is 26.9. The first-order valence-electron chi connectivity index (χ1n) is 11.7. The summed E-state index contributed by atoms with van der Waals surface area (Å²) in [6, 6.07) is 8.89. The van der Waals surface area contributed by atoms with Crippen LogP contribution in [-0.2, 0) is 4.74 Å². The summed E-state index contributed by atoms with van der Waals surface area (Å²) < 4.78 is 11.2. The van der Waals surface area contributed by atoms with Gasteiger partial charge in [-0.15, -0.1) is 0 Å². The average Bonchev–Trinajstić information content (AvgIpc) is 2.85. The highest BCUT2D eigenvalue weighted by Gasteiger charge is 2.28. The quantitative estimate of drug-likeness (QED) is 0.438. The van der Waals surface area contributed by atoms with Gasteiger partial charge in [0.05, 0.1) is 45.3 Å². The standard InChI is InChI=1S/C26H29Cl2N5O4/c1-26(2,3)37-25(35)33-10-8-32(9-11-33)20-12-15-19(13-21(20)36-4)30-14-16(24(29)34)23(15)31-18-7-5-6-17(27)22(18)28/h5-7,12-14H,8-11H2,1-4H3,(H2,29,34)(H,30,31). The van der Waals surface area contributed by atoms with Crippen LogP contribution in [0.3, 0.4) is 0 Å². The smallest absolute Gasteiger partial charge is 0.410 e. The van der Waals surface area contributed by atoms with Gasteiger partial charge in [-0.05, 0) is 39.0 Å². The molecule has 0 aliphatic carbocycles. The van der Waals surface area contributed by atoms with Crippen LogP contribution in [0.25, 0.3) is 10.9 Å². The van der Waals surface area contributed by atoms with Crippen LogP contribution < -0.4 is 20.7 Å². The van der Waals surface area contributed by atoms with Crippen LogP contribution in [0, 0.1) is 0 Å². The number of carbonyl (C=O) groups is 2. The summed E-state index contributed by atoms with van der Waals surface area (Å²) in [7, 11) is 1.59. The molecule has 0 spiro atoms. The van der Waals surface area contributed by atoms with Gasteiger partial charge in [0.15, 0.2) is 0 Å². The minimum atomic E-state index is -0.640. The van der Waals surface area contributed by atoms with Gasteiger partial charge in [-0.3, -0.25) is 9.78 Å². The second-order valence-corrected chi connectivity index (χ2v) is 10.4. The summed E-state index contributed by atoms with van der Waals surface area (Å²) in [5.41, 5.74) is 7.70. The maximum Gasteiger partial charge on any atom is 0.410 e. The van der Waals surface area contributed by atoms with Crippen molar-refractivity contribution in [1.29, 1.82) is 0 Å². The van der Waals surface area contributed by atoms with Crippen molar-refractivity contribution in [3.05, 3.63) is 52.1 Å². The Balaban J connectivity index is 1.72. The third-order valence-corrected chi connectivity index (χ3v) is 6.74. The number of fused-ring (bicyclic) bond motifs is 1. The highest BCUT2D eigenvalue weighted by Crippen LogP contribution is 2.40. The maximum absolute atomic E-state index is 12.5. The van der Waals surface area contributed by atoms with E-state index in [1.165, 1.54) is 6.20 Å². The van der Waals surface area contributed by atoms with E-state index in [4.69, 9.17) is 38.4 Å². The number of methoxy groups -OCH3 is 1. The number of piperazine rings is 1.